The minimum atomic E-state index is -3.23. The van der Waals surface area contributed by atoms with Crippen molar-refractivity contribution >= 4 is 12.3 Å². The van der Waals surface area contributed by atoms with Crippen molar-refractivity contribution < 1.29 is 12.4 Å². The van der Waals surface area contributed by atoms with Gasteiger partial charge in [0.05, 0.1) is 0 Å². The van der Waals surface area contributed by atoms with E-state index in [0.29, 0.717) is 0 Å². The zero-order valence-corrected chi connectivity index (χ0v) is 3.08. The Bertz CT molecular complexity index is 168. The summed E-state index contributed by atoms with van der Waals surface area (Å²) in [5, 5.41) is 0. The molecule has 0 aliphatic heterocycles. The first-order chi connectivity index (χ1) is 6.44. The van der Waals surface area contributed by atoms with E-state index >= 15 is 0 Å². The molecular formula is C3H10ClN. The van der Waals surface area contributed by atoms with Gasteiger partial charge in [-0.05, 0) is 6.02 Å². The first-order valence-electron chi connectivity index (χ1n) is 5.50. The molecule has 0 aromatic rings. The average molecular weight is 106 g/mol. The number of rotatable bonds is 1. The van der Waals surface area contributed by atoms with Crippen LogP contribution in [-0.2, 0) is 0 Å². The van der Waals surface area contributed by atoms with Gasteiger partial charge in [-0.1, -0.05) is 13.7 Å². The maximum absolute atomic E-state index is 7.10. The third-order valence-electron chi connectivity index (χ3n) is 0. The fourth-order valence-electron chi connectivity index (χ4n) is 0. The normalized spacial score (nSPS) is 42.8. The Labute approximate surface area is 52.9 Å². The summed E-state index contributed by atoms with van der Waals surface area (Å²) in [5.74, 6) is 0. The second-order valence-corrected chi connectivity index (χ2v) is 0.349. The van der Waals surface area contributed by atoms with Crippen LogP contribution in [0.2, 0.25) is 2.82 Å². The van der Waals surface area contributed by atoms with Gasteiger partial charge in [-0.3, -0.25) is 0 Å². The molecular weight excluding hydrogens is 85.5 g/mol. The Morgan fingerprint density at radius 3 is 3.00 bits per heavy atom. The van der Waals surface area contributed by atoms with Gasteiger partial charge in [0.2, 0.25) is 0 Å². The molecule has 0 spiro atoms. The number of nitrogens with two attached hydrogens (primary N) is 1. The summed E-state index contributed by atoms with van der Waals surface area (Å²) < 4.78 is 66.3. The summed E-state index contributed by atoms with van der Waals surface area (Å²) in [6.07, 6.45) is 0. The first kappa shape index (κ1) is 0.540. The molecule has 0 aliphatic carbocycles. The molecule has 5 heavy (non-hydrogen) atoms. The Balaban J connectivity index is 0. The number of hydrogen-bond acceptors (Lipinski definition) is 1. The van der Waals surface area contributed by atoms with Crippen molar-refractivity contribution in [1.82, 2.24) is 0 Å². The van der Waals surface area contributed by atoms with Gasteiger partial charge in [0, 0.05) is 9.60 Å². The number of hydrogen-bond donors (Lipinski definition) is 1. The van der Waals surface area contributed by atoms with Crippen LogP contribution in [0, 0.1) is 0 Å². The molecule has 0 saturated heterocycles. The molecule has 0 saturated carbocycles. The summed E-state index contributed by atoms with van der Waals surface area (Å²) in [5.41, 5.74) is -0.604. The van der Waals surface area contributed by atoms with Crippen LogP contribution in [0.3, 0.4) is 0 Å². The standard InChI is InChI=1S/C3H9N.ClH/c1-3(2)4;/h3H,4H2,1-2H3;1H/i1D3,2D3,3D;/hD3. The molecule has 0 aliphatic rings. The summed E-state index contributed by atoms with van der Waals surface area (Å²) in [6.45, 7) is -6.47. The lowest BCUT2D eigenvalue weighted by Gasteiger charge is -1.81. The van der Waals surface area contributed by atoms with Crippen LogP contribution in [0.15, 0.2) is 0 Å². The van der Waals surface area contributed by atoms with Crippen molar-refractivity contribution in [3.63, 3.8) is 0 Å². The minimum absolute atomic E-state index is 0.604. The molecule has 0 bridgehead atoms. The van der Waals surface area contributed by atoms with Gasteiger partial charge >= 0.3 is 0 Å². The molecule has 0 fully saturated rings. The molecule has 0 aromatic heterocycles. The van der Waals surface area contributed by atoms with E-state index in [2.05, 4.69) is 12.3 Å². The van der Waals surface area contributed by atoms with Crippen molar-refractivity contribution in [1.29, 1.82) is 1.17 Å². The lowest BCUT2D eigenvalue weighted by molar-refractivity contribution is 0.834. The average Bonchev–Trinajstić information content (AvgIpc) is 2.02. The van der Waals surface area contributed by atoms with Crippen LogP contribution >= 0.6 is 12.3 Å². The summed E-state index contributed by atoms with van der Waals surface area (Å²) in [6, 6.07) is -3.21. The maximum Gasteiger partial charge on any atom is 0.147 e. The van der Waals surface area contributed by atoms with Gasteiger partial charge in [0.1, 0.15) is 4.00 Å². The molecule has 0 amide bonds. The lowest BCUT2D eigenvalue weighted by atomic mass is 10.5. The van der Waals surface area contributed by atoms with Gasteiger partial charge in [0.25, 0.3) is 0 Å². The highest BCUT2D eigenvalue weighted by atomic mass is 35.5. The molecule has 0 aromatic carbocycles. The highest BCUT2D eigenvalue weighted by molar-refractivity contribution is 5.85. The zero-order valence-electron chi connectivity index (χ0n) is 12.3. The molecule has 0 atom stereocenters. The van der Waals surface area contributed by atoms with Crippen molar-refractivity contribution in [2.45, 2.75) is 19.7 Å². The Kier molecular flexibility index (Phi) is 0.459. The predicted octanol–water partition coefficient (Wildman–Crippen LogP) is 0.775. The second kappa shape index (κ2) is 4.25. The van der Waals surface area contributed by atoms with E-state index in [4.69, 9.17) is 13.6 Å². The smallest absolute Gasteiger partial charge is 0.147 e. The van der Waals surface area contributed by atoms with Gasteiger partial charge in [-0.15, -0.1) is 12.3 Å². The molecule has 2 N–H and O–H groups in total. The summed E-state index contributed by atoms with van der Waals surface area (Å²) in [7, 11) is 0. The first-order valence-corrected chi connectivity index (χ1v) is 0.724. The molecule has 0 unspecified atom stereocenters. The summed E-state index contributed by atoms with van der Waals surface area (Å²) >= 11 is 3.89. The van der Waals surface area contributed by atoms with Gasteiger partial charge < -0.3 is 5.72 Å². The Morgan fingerprint density at radius 1 is 2.40 bits per heavy atom. The van der Waals surface area contributed by atoms with E-state index in [1.165, 1.54) is 0 Å². The third-order valence-corrected chi connectivity index (χ3v) is 0. The van der Waals surface area contributed by atoms with Gasteiger partial charge in [-0.25, -0.2) is 0 Å². The van der Waals surface area contributed by atoms with E-state index in [0.717, 1.165) is 0 Å². The predicted molar refractivity (Wildman–Crippen MR) is 26.6 cm³/mol. The molecule has 0 radical (unpaired) electrons. The highest BCUT2D eigenvalue weighted by Gasteiger charge is 1.67. The molecule has 0 heterocycles. The lowest BCUT2D eigenvalue weighted by Crippen LogP contribution is -2.06. The van der Waals surface area contributed by atoms with E-state index in [9.17, 15) is 0 Å². The van der Waals surface area contributed by atoms with Crippen molar-refractivity contribution in [2.75, 3.05) is 0 Å². The SMILES string of the molecule is [2H]Cl.[2H]N([2H])C([2H])(C([2H])([2H])[2H])C([2H])([2H])[2H]. The van der Waals surface area contributed by atoms with Crippen molar-refractivity contribution in [3.05, 3.63) is 0 Å². The fourth-order valence-corrected chi connectivity index (χ4v) is 0. The number of halogens is 1. The quantitative estimate of drug-likeness (QED) is 0.524. The van der Waals surface area contributed by atoms with Crippen LogP contribution < -0.4 is 5.72 Å². The molecule has 1 nitrogen and oxygen atoms in total. The van der Waals surface area contributed by atoms with Gasteiger partial charge in [0.15, 0.2) is 0 Å². The maximum atomic E-state index is 7.10. The second-order valence-electron chi connectivity index (χ2n) is 0.349. The Morgan fingerprint density at radius 2 is 3.00 bits per heavy atom. The van der Waals surface area contributed by atoms with Crippen LogP contribution in [0.4, 0.5) is 0 Å². The van der Waals surface area contributed by atoms with Crippen molar-refractivity contribution in [2.24, 2.45) is 5.72 Å². The largest absolute Gasteiger partial charge is 0.328 e. The Hall–Kier alpha value is 0.250. The molecule has 2 heteroatoms. The van der Waals surface area contributed by atoms with E-state index in [-0.39, 0.29) is 0 Å². The van der Waals surface area contributed by atoms with Gasteiger partial charge in [-0.2, -0.15) is 0 Å². The third kappa shape index (κ3) is 344. The minimum Gasteiger partial charge on any atom is -0.328 e. The van der Waals surface area contributed by atoms with Crippen LogP contribution in [0.1, 0.15) is 23.3 Å². The topological polar surface area (TPSA) is 26.0 Å². The van der Waals surface area contributed by atoms with Crippen LogP contribution in [0.5, 0.6) is 0 Å². The monoisotopic (exact) mass is 105 g/mol. The van der Waals surface area contributed by atoms with E-state index < -0.39 is 25.4 Å². The van der Waals surface area contributed by atoms with Crippen LogP contribution in [0.25, 0.3) is 0 Å². The fraction of sp³-hybridized carbons (Fsp3) is 1.00. The van der Waals surface area contributed by atoms with Crippen LogP contribution in [-0.4, -0.2) is 7.19 Å². The zero-order chi connectivity index (χ0) is 13.1. The van der Waals surface area contributed by atoms with E-state index in [1.807, 2.05) is 0 Å². The highest BCUT2D eigenvalue weighted by Crippen LogP contribution is 1.58. The summed E-state index contributed by atoms with van der Waals surface area (Å²) in [4.78, 5) is 0. The molecule has 34 valence electrons. The van der Waals surface area contributed by atoms with Crippen molar-refractivity contribution in [3.8, 4) is 0 Å². The van der Waals surface area contributed by atoms with E-state index in [1.54, 1.807) is 0 Å². The molecule has 0 rings (SSSR count).